The SMILES string of the molecule is O=C=NC1CC(=O)N(c2ccccc2)C1. The normalized spacial score (nSPS) is 20.1. The van der Waals surface area contributed by atoms with Gasteiger partial charge >= 0.3 is 0 Å². The molecule has 0 bridgehead atoms. The lowest BCUT2D eigenvalue weighted by Crippen LogP contribution is -2.24. The summed E-state index contributed by atoms with van der Waals surface area (Å²) in [5, 5.41) is 0. The lowest BCUT2D eigenvalue weighted by atomic mass is 10.3. The second kappa shape index (κ2) is 4.07. The van der Waals surface area contributed by atoms with Crippen LogP contribution in [0.5, 0.6) is 0 Å². The summed E-state index contributed by atoms with van der Waals surface area (Å²) in [4.78, 5) is 26.9. The van der Waals surface area contributed by atoms with E-state index in [1.807, 2.05) is 30.3 Å². The van der Waals surface area contributed by atoms with Gasteiger partial charge in [-0.2, -0.15) is 0 Å². The van der Waals surface area contributed by atoms with Gasteiger partial charge in [-0.25, -0.2) is 9.79 Å². The summed E-state index contributed by atoms with van der Waals surface area (Å²) >= 11 is 0. The van der Waals surface area contributed by atoms with Crippen LogP contribution in [-0.4, -0.2) is 24.6 Å². The number of anilines is 1. The molecule has 0 saturated carbocycles. The van der Waals surface area contributed by atoms with Gasteiger partial charge in [0, 0.05) is 12.2 Å². The van der Waals surface area contributed by atoms with Crippen LogP contribution in [0.2, 0.25) is 0 Å². The number of hydrogen-bond donors (Lipinski definition) is 0. The first-order valence-corrected chi connectivity index (χ1v) is 4.73. The van der Waals surface area contributed by atoms with Gasteiger partial charge in [-0.1, -0.05) is 18.2 Å². The van der Waals surface area contributed by atoms with Crippen molar-refractivity contribution < 1.29 is 9.59 Å². The Kier molecular flexibility index (Phi) is 2.61. The summed E-state index contributed by atoms with van der Waals surface area (Å²) in [7, 11) is 0. The molecule has 76 valence electrons. The second-order valence-electron chi connectivity index (χ2n) is 3.42. The highest BCUT2D eigenvalue weighted by molar-refractivity contribution is 5.96. The fourth-order valence-corrected chi connectivity index (χ4v) is 1.71. The Morgan fingerprint density at radius 3 is 2.73 bits per heavy atom. The van der Waals surface area contributed by atoms with Crippen molar-refractivity contribution in [3.63, 3.8) is 0 Å². The van der Waals surface area contributed by atoms with E-state index < -0.39 is 0 Å². The Labute approximate surface area is 87.2 Å². The smallest absolute Gasteiger partial charge is 0.235 e. The molecule has 1 fully saturated rings. The number of rotatable bonds is 2. The van der Waals surface area contributed by atoms with E-state index in [0.29, 0.717) is 13.0 Å². The van der Waals surface area contributed by atoms with Crippen LogP contribution >= 0.6 is 0 Å². The quantitative estimate of drug-likeness (QED) is 0.533. The molecule has 1 unspecified atom stereocenters. The van der Waals surface area contributed by atoms with Crippen molar-refractivity contribution in [1.82, 2.24) is 0 Å². The Balaban J connectivity index is 2.19. The molecule has 4 nitrogen and oxygen atoms in total. The van der Waals surface area contributed by atoms with Gasteiger partial charge < -0.3 is 4.90 Å². The maximum absolute atomic E-state index is 11.6. The van der Waals surface area contributed by atoms with E-state index in [-0.39, 0.29) is 11.9 Å². The summed E-state index contributed by atoms with van der Waals surface area (Å²) in [6, 6.07) is 9.13. The van der Waals surface area contributed by atoms with Crippen LogP contribution in [0.25, 0.3) is 0 Å². The van der Waals surface area contributed by atoms with Crippen molar-refractivity contribution in [3.05, 3.63) is 30.3 Å². The van der Waals surface area contributed by atoms with E-state index in [1.165, 1.54) is 6.08 Å². The average molecular weight is 202 g/mol. The highest BCUT2D eigenvalue weighted by Gasteiger charge is 2.30. The number of aliphatic imine (C=N–C) groups is 1. The molecule has 0 aromatic heterocycles. The number of carbonyl (C=O) groups is 1. The fraction of sp³-hybridized carbons (Fsp3) is 0.273. The van der Waals surface area contributed by atoms with Crippen LogP contribution in [0.15, 0.2) is 35.3 Å². The molecule has 1 amide bonds. The third kappa shape index (κ3) is 1.95. The van der Waals surface area contributed by atoms with Crippen molar-refractivity contribution in [2.45, 2.75) is 12.5 Å². The van der Waals surface area contributed by atoms with Gasteiger partial charge in [-0.05, 0) is 12.1 Å². The topological polar surface area (TPSA) is 49.7 Å². The van der Waals surface area contributed by atoms with Gasteiger partial charge in [-0.3, -0.25) is 4.79 Å². The molecule has 0 spiro atoms. The van der Waals surface area contributed by atoms with E-state index in [1.54, 1.807) is 4.90 Å². The number of benzene rings is 1. The molecule has 1 aliphatic heterocycles. The van der Waals surface area contributed by atoms with E-state index in [4.69, 9.17) is 0 Å². The molecule has 1 saturated heterocycles. The first-order valence-electron chi connectivity index (χ1n) is 4.73. The van der Waals surface area contributed by atoms with Crippen molar-refractivity contribution >= 4 is 17.7 Å². The predicted octanol–water partition coefficient (Wildman–Crippen LogP) is 1.13. The lowest BCUT2D eigenvalue weighted by Gasteiger charge is -2.15. The third-order valence-corrected chi connectivity index (χ3v) is 2.41. The fourth-order valence-electron chi connectivity index (χ4n) is 1.71. The van der Waals surface area contributed by atoms with Crippen LogP contribution in [0.1, 0.15) is 6.42 Å². The largest absolute Gasteiger partial charge is 0.310 e. The van der Waals surface area contributed by atoms with Gasteiger partial charge in [0.15, 0.2) is 0 Å². The molecular formula is C11H10N2O2. The minimum Gasteiger partial charge on any atom is -0.310 e. The monoisotopic (exact) mass is 202 g/mol. The molecule has 1 aromatic rings. The van der Waals surface area contributed by atoms with Crippen LogP contribution in [0, 0.1) is 0 Å². The highest BCUT2D eigenvalue weighted by Crippen LogP contribution is 2.22. The molecule has 15 heavy (non-hydrogen) atoms. The number of carbonyl (C=O) groups excluding carboxylic acids is 2. The van der Waals surface area contributed by atoms with Gasteiger partial charge in [0.05, 0.1) is 12.5 Å². The van der Waals surface area contributed by atoms with Crippen LogP contribution in [0.4, 0.5) is 5.69 Å². The number of para-hydroxylation sites is 1. The van der Waals surface area contributed by atoms with Crippen molar-refractivity contribution in [1.29, 1.82) is 0 Å². The molecule has 1 aliphatic rings. The number of hydrogen-bond acceptors (Lipinski definition) is 3. The number of isocyanates is 1. The molecule has 1 heterocycles. The molecule has 0 radical (unpaired) electrons. The Bertz CT molecular complexity index is 410. The summed E-state index contributed by atoms with van der Waals surface area (Å²) in [5.41, 5.74) is 0.853. The molecule has 0 aliphatic carbocycles. The van der Waals surface area contributed by atoms with Crippen molar-refractivity contribution in [2.24, 2.45) is 4.99 Å². The maximum Gasteiger partial charge on any atom is 0.235 e. The first-order chi connectivity index (χ1) is 7.31. The summed E-state index contributed by atoms with van der Waals surface area (Å²) in [6.07, 6.45) is 1.79. The van der Waals surface area contributed by atoms with Crippen LogP contribution < -0.4 is 4.90 Å². The van der Waals surface area contributed by atoms with Gasteiger partial charge in [0.2, 0.25) is 12.0 Å². The second-order valence-corrected chi connectivity index (χ2v) is 3.42. The molecule has 4 heteroatoms. The minimum atomic E-state index is -0.241. The molecule has 1 atom stereocenters. The summed E-state index contributed by atoms with van der Waals surface area (Å²) in [5.74, 6) is 0.00481. The zero-order valence-electron chi connectivity index (χ0n) is 8.09. The Morgan fingerprint density at radius 2 is 2.07 bits per heavy atom. The summed E-state index contributed by atoms with van der Waals surface area (Å²) < 4.78 is 0. The molecule has 1 aromatic carbocycles. The maximum atomic E-state index is 11.6. The molecular weight excluding hydrogens is 192 g/mol. The lowest BCUT2D eigenvalue weighted by molar-refractivity contribution is -0.117. The van der Waals surface area contributed by atoms with Crippen molar-refractivity contribution in [3.8, 4) is 0 Å². The standard InChI is InChI=1S/C11H10N2O2/c14-8-12-9-6-11(15)13(7-9)10-4-2-1-3-5-10/h1-5,9H,6-7H2. The zero-order valence-corrected chi connectivity index (χ0v) is 8.09. The van der Waals surface area contributed by atoms with E-state index >= 15 is 0 Å². The molecule has 2 rings (SSSR count). The summed E-state index contributed by atoms with van der Waals surface area (Å²) in [6.45, 7) is 0.470. The van der Waals surface area contributed by atoms with Crippen LogP contribution in [0.3, 0.4) is 0 Å². The van der Waals surface area contributed by atoms with Gasteiger partial charge in [-0.15, -0.1) is 0 Å². The number of nitrogens with zero attached hydrogens (tertiary/aromatic N) is 2. The van der Waals surface area contributed by atoms with Gasteiger partial charge in [0.25, 0.3) is 0 Å². The Hall–Kier alpha value is -1.93. The highest BCUT2D eigenvalue weighted by atomic mass is 16.2. The minimum absolute atomic E-state index is 0.00481. The van der Waals surface area contributed by atoms with E-state index in [0.717, 1.165) is 5.69 Å². The molecule has 0 N–H and O–H groups in total. The average Bonchev–Trinajstić information content (AvgIpc) is 2.61. The zero-order chi connectivity index (χ0) is 10.7. The van der Waals surface area contributed by atoms with E-state index in [2.05, 4.69) is 4.99 Å². The number of amides is 1. The first kappa shape index (κ1) is 9.62. The Morgan fingerprint density at radius 1 is 1.33 bits per heavy atom. The van der Waals surface area contributed by atoms with Gasteiger partial charge in [0.1, 0.15) is 0 Å². The third-order valence-electron chi connectivity index (χ3n) is 2.41. The van der Waals surface area contributed by atoms with Crippen molar-refractivity contribution in [2.75, 3.05) is 11.4 Å². The predicted molar refractivity (Wildman–Crippen MR) is 55.3 cm³/mol. The van der Waals surface area contributed by atoms with E-state index in [9.17, 15) is 9.59 Å². The van der Waals surface area contributed by atoms with Crippen LogP contribution in [-0.2, 0) is 9.59 Å².